The predicted molar refractivity (Wildman–Crippen MR) is 117 cm³/mol. The van der Waals surface area contributed by atoms with Crippen LogP contribution in [0.1, 0.15) is 30.0 Å². The van der Waals surface area contributed by atoms with Crippen LogP contribution >= 0.6 is 0 Å². The average Bonchev–Trinajstić information content (AvgIpc) is 2.74. The van der Waals surface area contributed by atoms with Gasteiger partial charge < -0.3 is 20.7 Å². The van der Waals surface area contributed by atoms with Gasteiger partial charge in [-0.25, -0.2) is 0 Å². The first kappa shape index (κ1) is 22.3. The Hall–Kier alpha value is -3.02. The van der Waals surface area contributed by atoms with Gasteiger partial charge in [0.1, 0.15) is 6.61 Å². The molecule has 2 rings (SSSR count). The van der Waals surface area contributed by atoms with Crippen molar-refractivity contribution < 1.29 is 14.3 Å². The lowest BCUT2D eigenvalue weighted by molar-refractivity contribution is -0.137. The molecule has 0 radical (unpaired) electrons. The zero-order chi connectivity index (χ0) is 21.2. The van der Waals surface area contributed by atoms with Gasteiger partial charge in [-0.05, 0) is 49.4 Å². The molecular formula is C23H31N3O3. The molecule has 156 valence electrons. The van der Waals surface area contributed by atoms with Crippen LogP contribution in [0.5, 0.6) is 0 Å². The predicted octanol–water partition coefficient (Wildman–Crippen LogP) is 3.18. The minimum absolute atomic E-state index is 0.00848. The van der Waals surface area contributed by atoms with E-state index in [4.69, 9.17) is 10.5 Å². The molecule has 6 heteroatoms. The van der Waals surface area contributed by atoms with Gasteiger partial charge in [-0.2, -0.15) is 0 Å². The molecule has 0 spiro atoms. The van der Waals surface area contributed by atoms with Crippen molar-refractivity contribution in [3.05, 3.63) is 59.2 Å². The third-order valence-electron chi connectivity index (χ3n) is 5.21. The number of likely N-dealkylation sites (N-methyl/N-ethyl adjacent to an activating group) is 1. The van der Waals surface area contributed by atoms with Gasteiger partial charge in [0.15, 0.2) is 0 Å². The number of benzene rings is 2. The van der Waals surface area contributed by atoms with E-state index in [2.05, 4.69) is 5.32 Å². The Kier molecular flexibility index (Phi) is 8.52. The number of hydrogen-bond acceptors (Lipinski definition) is 5. The fourth-order valence-corrected chi connectivity index (χ4v) is 3.35. The number of hydrogen-bond donors (Lipinski definition) is 2. The second kappa shape index (κ2) is 11.1. The van der Waals surface area contributed by atoms with E-state index in [1.165, 1.54) is 0 Å². The summed E-state index contributed by atoms with van der Waals surface area (Å²) in [5.41, 5.74) is 11.0. The molecule has 6 nitrogen and oxygen atoms in total. The van der Waals surface area contributed by atoms with Crippen molar-refractivity contribution in [1.82, 2.24) is 4.90 Å². The summed E-state index contributed by atoms with van der Waals surface area (Å²) in [6.07, 6.45) is 1.60. The van der Waals surface area contributed by atoms with E-state index in [1.807, 2.05) is 56.3 Å². The van der Waals surface area contributed by atoms with Crippen LogP contribution in [0.3, 0.4) is 0 Å². The van der Waals surface area contributed by atoms with Gasteiger partial charge in [-0.15, -0.1) is 0 Å². The van der Waals surface area contributed by atoms with Crippen molar-refractivity contribution in [3.8, 4) is 0 Å². The standard InChI is InChI=1S/C23H31N3O3/c1-4-25-21-12-10-19(17(2)23(21)24)11-13-22(28)26(3)20(15-29-16-27)14-18-8-6-5-7-9-18/h5-10,12,16,20,25H,4,11,13-15,24H2,1-3H3. The van der Waals surface area contributed by atoms with Gasteiger partial charge in [-0.3, -0.25) is 9.59 Å². The third kappa shape index (κ3) is 6.24. The summed E-state index contributed by atoms with van der Waals surface area (Å²) in [5, 5.41) is 3.24. The molecule has 0 fully saturated rings. The van der Waals surface area contributed by atoms with E-state index in [0.29, 0.717) is 25.7 Å². The quantitative estimate of drug-likeness (QED) is 0.449. The van der Waals surface area contributed by atoms with E-state index in [9.17, 15) is 9.59 Å². The highest BCUT2D eigenvalue weighted by atomic mass is 16.5. The number of anilines is 2. The molecule has 1 unspecified atom stereocenters. The summed E-state index contributed by atoms with van der Waals surface area (Å²) in [4.78, 5) is 25.2. The molecule has 0 bridgehead atoms. The van der Waals surface area contributed by atoms with Gasteiger partial charge in [-0.1, -0.05) is 36.4 Å². The molecule has 2 aromatic rings. The summed E-state index contributed by atoms with van der Waals surface area (Å²) in [6.45, 7) is 5.41. The number of nitrogens with zero attached hydrogens (tertiary/aromatic N) is 1. The summed E-state index contributed by atoms with van der Waals surface area (Å²) in [6, 6.07) is 13.6. The Morgan fingerprint density at radius 2 is 1.97 bits per heavy atom. The molecule has 29 heavy (non-hydrogen) atoms. The highest BCUT2D eigenvalue weighted by Gasteiger charge is 2.21. The molecule has 0 saturated carbocycles. The summed E-state index contributed by atoms with van der Waals surface area (Å²) < 4.78 is 4.97. The minimum Gasteiger partial charge on any atom is -0.466 e. The third-order valence-corrected chi connectivity index (χ3v) is 5.21. The van der Waals surface area contributed by atoms with Gasteiger partial charge >= 0.3 is 0 Å². The maximum atomic E-state index is 12.8. The maximum absolute atomic E-state index is 12.8. The van der Waals surface area contributed by atoms with Gasteiger partial charge in [0, 0.05) is 20.0 Å². The van der Waals surface area contributed by atoms with Crippen LogP contribution in [0.4, 0.5) is 11.4 Å². The van der Waals surface area contributed by atoms with Crippen LogP contribution in [0.15, 0.2) is 42.5 Å². The number of nitrogens with two attached hydrogens (primary N) is 1. The highest BCUT2D eigenvalue weighted by Crippen LogP contribution is 2.26. The monoisotopic (exact) mass is 397 g/mol. The van der Waals surface area contributed by atoms with E-state index >= 15 is 0 Å². The number of aryl methyl sites for hydroxylation is 1. The zero-order valence-corrected chi connectivity index (χ0v) is 17.5. The van der Waals surface area contributed by atoms with Crippen LogP contribution in [-0.4, -0.2) is 43.5 Å². The van der Waals surface area contributed by atoms with Crippen molar-refractivity contribution in [2.24, 2.45) is 0 Å². The molecule has 1 atom stereocenters. The van der Waals surface area contributed by atoms with Crippen LogP contribution in [0.25, 0.3) is 0 Å². The normalized spacial score (nSPS) is 11.6. The summed E-state index contributed by atoms with van der Waals surface area (Å²) in [7, 11) is 1.76. The number of ether oxygens (including phenoxy) is 1. The van der Waals surface area contributed by atoms with Crippen molar-refractivity contribution in [2.45, 2.75) is 39.2 Å². The number of carbonyl (C=O) groups is 2. The van der Waals surface area contributed by atoms with E-state index < -0.39 is 0 Å². The van der Waals surface area contributed by atoms with E-state index in [1.54, 1.807) is 11.9 Å². The first-order chi connectivity index (χ1) is 14.0. The molecule has 0 aromatic heterocycles. The number of amides is 1. The maximum Gasteiger partial charge on any atom is 0.293 e. The SMILES string of the molecule is CCNc1ccc(CCC(=O)N(C)C(COC=O)Cc2ccccc2)c(C)c1N. The Labute approximate surface area is 173 Å². The Balaban J connectivity index is 2.03. The Morgan fingerprint density at radius 3 is 2.62 bits per heavy atom. The number of rotatable bonds is 11. The second-order valence-corrected chi connectivity index (χ2v) is 7.12. The lowest BCUT2D eigenvalue weighted by atomic mass is 10.00. The van der Waals surface area contributed by atoms with E-state index in [0.717, 1.165) is 34.6 Å². The van der Waals surface area contributed by atoms with Crippen LogP contribution in [0.2, 0.25) is 0 Å². The van der Waals surface area contributed by atoms with Gasteiger partial charge in [0.05, 0.1) is 17.4 Å². The number of nitrogens with one attached hydrogen (secondary N) is 1. The van der Waals surface area contributed by atoms with Gasteiger partial charge in [0.25, 0.3) is 6.47 Å². The molecule has 2 aromatic carbocycles. The van der Waals surface area contributed by atoms with Crippen LogP contribution in [-0.2, 0) is 27.2 Å². The highest BCUT2D eigenvalue weighted by molar-refractivity contribution is 5.77. The zero-order valence-electron chi connectivity index (χ0n) is 17.5. The second-order valence-electron chi connectivity index (χ2n) is 7.12. The lowest BCUT2D eigenvalue weighted by Crippen LogP contribution is -2.41. The molecule has 1 amide bonds. The number of nitrogen functional groups attached to an aromatic ring is 1. The molecule has 0 aliphatic rings. The Bertz CT molecular complexity index is 809. The summed E-state index contributed by atoms with van der Waals surface area (Å²) >= 11 is 0. The fourth-order valence-electron chi connectivity index (χ4n) is 3.35. The topological polar surface area (TPSA) is 84.7 Å². The largest absolute Gasteiger partial charge is 0.466 e. The minimum atomic E-state index is -0.211. The van der Waals surface area contributed by atoms with E-state index in [-0.39, 0.29) is 18.6 Å². The number of carbonyl (C=O) groups excluding carboxylic acids is 2. The molecule has 0 aliphatic heterocycles. The lowest BCUT2D eigenvalue weighted by Gasteiger charge is -2.28. The Morgan fingerprint density at radius 1 is 1.24 bits per heavy atom. The van der Waals surface area contributed by atoms with Crippen molar-refractivity contribution in [1.29, 1.82) is 0 Å². The molecule has 3 N–H and O–H groups in total. The molecule has 0 aliphatic carbocycles. The van der Waals surface area contributed by atoms with Gasteiger partial charge in [0.2, 0.25) is 5.91 Å². The summed E-state index contributed by atoms with van der Waals surface area (Å²) in [5.74, 6) is 0.00848. The first-order valence-electron chi connectivity index (χ1n) is 9.94. The first-order valence-corrected chi connectivity index (χ1v) is 9.94. The average molecular weight is 398 g/mol. The van der Waals surface area contributed by atoms with Crippen molar-refractivity contribution in [2.75, 3.05) is 31.2 Å². The van der Waals surface area contributed by atoms with Crippen LogP contribution in [0, 0.1) is 6.92 Å². The molecule has 0 saturated heterocycles. The van der Waals surface area contributed by atoms with Crippen LogP contribution < -0.4 is 11.1 Å². The molecule has 0 heterocycles. The fraction of sp³-hybridized carbons (Fsp3) is 0.391. The smallest absolute Gasteiger partial charge is 0.293 e. The van der Waals surface area contributed by atoms with Crippen molar-refractivity contribution in [3.63, 3.8) is 0 Å². The van der Waals surface area contributed by atoms with Crippen molar-refractivity contribution >= 4 is 23.8 Å². The molecular weight excluding hydrogens is 366 g/mol.